The molecule has 0 fully saturated rings. The number of aryl methyl sites for hydroxylation is 2. The second kappa shape index (κ2) is 7.07. The number of aromatic amines is 1. The van der Waals surface area contributed by atoms with Gasteiger partial charge in [-0.1, -0.05) is 12.1 Å². The van der Waals surface area contributed by atoms with Crippen LogP contribution in [-0.4, -0.2) is 22.5 Å². The summed E-state index contributed by atoms with van der Waals surface area (Å²) in [4.78, 5) is 33.3. The van der Waals surface area contributed by atoms with Crippen molar-refractivity contribution in [2.45, 2.75) is 32.4 Å². The van der Waals surface area contributed by atoms with Crippen LogP contribution < -0.4 is 15.6 Å². The molecule has 0 saturated carbocycles. The molecule has 1 aromatic carbocycles. The van der Waals surface area contributed by atoms with Crippen LogP contribution >= 0.6 is 11.3 Å². The SMILES string of the molecule is O=C(NCc1cccc(OC(F)F)c1)c1nc2sc3c(c2c(=O)[nH]1)CCC3. The predicted octanol–water partition coefficient (Wildman–Crippen LogP) is 3.00. The molecule has 27 heavy (non-hydrogen) atoms. The third-order valence-corrected chi connectivity index (χ3v) is 5.55. The smallest absolute Gasteiger partial charge is 0.387 e. The molecule has 0 spiro atoms. The van der Waals surface area contributed by atoms with Crippen LogP contribution in [0, 0.1) is 0 Å². The van der Waals surface area contributed by atoms with E-state index >= 15 is 0 Å². The highest BCUT2D eigenvalue weighted by molar-refractivity contribution is 7.18. The zero-order valence-corrected chi connectivity index (χ0v) is 14.9. The summed E-state index contributed by atoms with van der Waals surface area (Å²) in [6, 6.07) is 6.04. The molecule has 0 unspecified atom stereocenters. The largest absolute Gasteiger partial charge is 0.435 e. The number of aromatic nitrogens is 2. The van der Waals surface area contributed by atoms with Gasteiger partial charge in [0.2, 0.25) is 5.82 Å². The van der Waals surface area contributed by atoms with Crippen molar-refractivity contribution in [2.24, 2.45) is 0 Å². The molecule has 1 aliphatic carbocycles. The average Bonchev–Trinajstić information content (AvgIpc) is 3.20. The topological polar surface area (TPSA) is 84.1 Å². The highest BCUT2D eigenvalue weighted by Crippen LogP contribution is 2.34. The fourth-order valence-corrected chi connectivity index (χ4v) is 4.47. The Morgan fingerprint density at radius 3 is 3.04 bits per heavy atom. The predicted molar refractivity (Wildman–Crippen MR) is 96.5 cm³/mol. The Morgan fingerprint density at radius 2 is 2.22 bits per heavy atom. The van der Waals surface area contributed by atoms with Gasteiger partial charge in [0.05, 0.1) is 5.39 Å². The second-order valence-electron chi connectivity index (χ2n) is 6.16. The van der Waals surface area contributed by atoms with E-state index in [1.165, 1.54) is 23.5 Å². The number of H-pyrrole nitrogens is 1. The number of thiophene rings is 1. The molecular formula is C18H15F2N3O3S. The van der Waals surface area contributed by atoms with E-state index in [-0.39, 0.29) is 23.7 Å². The van der Waals surface area contributed by atoms with Crippen molar-refractivity contribution in [1.82, 2.24) is 15.3 Å². The summed E-state index contributed by atoms with van der Waals surface area (Å²) in [5.74, 6) is -0.590. The van der Waals surface area contributed by atoms with E-state index in [9.17, 15) is 18.4 Å². The van der Waals surface area contributed by atoms with Crippen LogP contribution in [0.25, 0.3) is 10.2 Å². The summed E-state index contributed by atoms with van der Waals surface area (Å²) in [6.07, 6.45) is 2.84. The number of nitrogens with zero attached hydrogens (tertiary/aromatic N) is 1. The molecule has 2 aromatic heterocycles. The number of nitrogens with one attached hydrogen (secondary N) is 2. The van der Waals surface area contributed by atoms with Gasteiger partial charge in [-0.15, -0.1) is 11.3 Å². The number of alkyl halides is 2. The fraction of sp³-hybridized carbons (Fsp3) is 0.278. The van der Waals surface area contributed by atoms with Crippen LogP contribution in [0.4, 0.5) is 8.78 Å². The third kappa shape index (κ3) is 3.55. The highest BCUT2D eigenvalue weighted by Gasteiger charge is 2.22. The minimum Gasteiger partial charge on any atom is -0.435 e. The monoisotopic (exact) mass is 391 g/mol. The average molecular weight is 391 g/mol. The Balaban J connectivity index is 1.51. The van der Waals surface area contributed by atoms with Crippen molar-refractivity contribution in [1.29, 1.82) is 0 Å². The van der Waals surface area contributed by atoms with Crippen LogP contribution in [0.5, 0.6) is 5.75 Å². The number of carbonyl (C=O) groups excluding carboxylic acids is 1. The van der Waals surface area contributed by atoms with Gasteiger partial charge in [0, 0.05) is 11.4 Å². The zero-order chi connectivity index (χ0) is 19.0. The lowest BCUT2D eigenvalue weighted by molar-refractivity contribution is -0.0498. The minimum atomic E-state index is -2.91. The summed E-state index contributed by atoms with van der Waals surface area (Å²) in [5, 5.41) is 3.21. The Kier molecular flexibility index (Phi) is 4.61. The van der Waals surface area contributed by atoms with Crippen LogP contribution in [0.15, 0.2) is 29.1 Å². The van der Waals surface area contributed by atoms with Crippen LogP contribution in [0.2, 0.25) is 0 Å². The maximum absolute atomic E-state index is 12.4. The van der Waals surface area contributed by atoms with Gasteiger partial charge in [-0.3, -0.25) is 9.59 Å². The van der Waals surface area contributed by atoms with E-state index in [0.717, 1.165) is 29.7 Å². The van der Waals surface area contributed by atoms with Crippen LogP contribution in [-0.2, 0) is 19.4 Å². The van der Waals surface area contributed by atoms with Crippen LogP contribution in [0.1, 0.15) is 33.0 Å². The number of rotatable bonds is 5. The lowest BCUT2D eigenvalue weighted by Crippen LogP contribution is -2.27. The van der Waals surface area contributed by atoms with Gasteiger partial charge < -0.3 is 15.0 Å². The lowest BCUT2D eigenvalue weighted by atomic mass is 10.2. The minimum absolute atomic E-state index is 0.0119. The number of halogens is 2. The zero-order valence-electron chi connectivity index (χ0n) is 14.1. The summed E-state index contributed by atoms with van der Waals surface area (Å²) in [6.45, 7) is -2.83. The Labute approximate surface area is 156 Å². The molecule has 0 saturated heterocycles. The molecule has 6 nitrogen and oxygen atoms in total. The van der Waals surface area contributed by atoms with Gasteiger partial charge in [0.25, 0.3) is 11.5 Å². The molecule has 1 aliphatic rings. The lowest BCUT2D eigenvalue weighted by Gasteiger charge is -2.08. The summed E-state index contributed by atoms with van der Waals surface area (Å²) in [7, 11) is 0. The molecule has 4 rings (SSSR count). The van der Waals surface area contributed by atoms with Crippen molar-refractivity contribution in [3.63, 3.8) is 0 Å². The molecule has 0 aliphatic heterocycles. The van der Waals surface area contributed by atoms with Crippen molar-refractivity contribution < 1.29 is 18.3 Å². The number of hydrogen-bond acceptors (Lipinski definition) is 5. The number of carbonyl (C=O) groups is 1. The molecule has 9 heteroatoms. The molecular weight excluding hydrogens is 376 g/mol. The van der Waals surface area contributed by atoms with E-state index in [4.69, 9.17) is 0 Å². The standard InChI is InChI=1S/C18H15F2N3O3S/c19-18(20)26-10-4-1-3-9(7-10)8-21-16(25)14-22-15(24)13-11-5-2-6-12(11)27-17(13)23-14/h1,3-4,7,18H,2,5-6,8H2,(H,21,25)(H,22,23,24). The first kappa shape index (κ1) is 17.6. The van der Waals surface area contributed by atoms with Crippen molar-refractivity contribution in [2.75, 3.05) is 0 Å². The van der Waals surface area contributed by atoms with E-state index in [2.05, 4.69) is 20.0 Å². The van der Waals surface area contributed by atoms with Crippen molar-refractivity contribution in [3.05, 3.63) is 56.4 Å². The van der Waals surface area contributed by atoms with Gasteiger partial charge in [-0.25, -0.2) is 4.98 Å². The quantitative estimate of drug-likeness (QED) is 0.700. The molecule has 3 aromatic rings. The molecule has 0 radical (unpaired) electrons. The van der Waals surface area contributed by atoms with Crippen molar-refractivity contribution >= 4 is 27.5 Å². The second-order valence-corrected chi connectivity index (χ2v) is 7.24. The van der Waals surface area contributed by atoms with Gasteiger partial charge in [0.1, 0.15) is 10.6 Å². The van der Waals surface area contributed by atoms with Gasteiger partial charge in [0.15, 0.2) is 0 Å². The molecule has 2 N–H and O–H groups in total. The molecule has 0 atom stereocenters. The third-order valence-electron chi connectivity index (χ3n) is 4.37. The molecule has 1 amide bonds. The van der Waals surface area contributed by atoms with E-state index in [1.807, 2.05) is 0 Å². The first-order valence-electron chi connectivity index (χ1n) is 8.38. The summed E-state index contributed by atoms with van der Waals surface area (Å²) in [5.41, 5.74) is 1.32. The summed E-state index contributed by atoms with van der Waals surface area (Å²) < 4.78 is 28.9. The van der Waals surface area contributed by atoms with E-state index < -0.39 is 12.5 Å². The number of ether oxygens (including phenoxy) is 1. The Bertz CT molecular complexity index is 1080. The number of fused-ring (bicyclic) bond motifs is 3. The number of amides is 1. The van der Waals surface area contributed by atoms with Crippen LogP contribution in [0.3, 0.4) is 0 Å². The molecule has 140 valence electrons. The number of hydrogen-bond donors (Lipinski definition) is 2. The van der Waals surface area contributed by atoms with Crippen molar-refractivity contribution in [3.8, 4) is 5.75 Å². The first-order chi connectivity index (χ1) is 13.0. The molecule has 2 heterocycles. The Hall–Kier alpha value is -2.81. The summed E-state index contributed by atoms with van der Waals surface area (Å²) >= 11 is 1.46. The highest BCUT2D eigenvalue weighted by atomic mass is 32.1. The van der Waals surface area contributed by atoms with E-state index in [0.29, 0.717) is 15.8 Å². The van der Waals surface area contributed by atoms with Gasteiger partial charge >= 0.3 is 6.61 Å². The van der Waals surface area contributed by atoms with E-state index in [1.54, 1.807) is 12.1 Å². The fourth-order valence-electron chi connectivity index (χ4n) is 3.21. The normalized spacial score (nSPS) is 13.1. The molecule has 0 bridgehead atoms. The Morgan fingerprint density at radius 1 is 1.37 bits per heavy atom. The number of benzene rings is 1. The first-order valence-corrected chi connectivity index (χ1v) is 9.19. The van der Waals surface area contributed by atoms with Gasteiger partial charge in [-0.2, -0.15) is 8.78 Å². The van der Waals surface area contributed by atoms with Gasteiger partial charge in [-0.05, 0) is 42.5 Å². The maximum Gasteiger partial charge on any atom is 0.387 e. The maximum atomic E-state index is 12.4.